The summed E-state index contributed by atoms with van der Waals surface area (Å²) in [6.45, 7) is 5.96. The van der Waals surface area contributed by atoms with Crippen molar-refractivity contribution in [2.24, 2.45) is 7.05 Å². The topological polar surface area (TPSA) is 51.5 Å². The van der Waals surface area contributed by atoms with Gasteiger partial charge in [-0.15, -0.1) is 0 Å². The Morgan fingerprint density at radius 2 is 2.11 bits per heavy atom. The molecule has 1 heterocycles. The van der Waals surface area contributed by atoms with Gasteiger partial charge in [0.25, 0.3) is 0 Å². The van der Waals surface area contributed by atoms with Crippen molar-refractivity contribution in [3.63, 3.8) is 0 Å². The summed E-state index contributed by atoms with van der Waals surface area (Å²) in [5.74, 6) is -0.0644. The minimum absolute atomic E-state index is 0.593. The number of hydrogen-bond acceptors (Lipinski definition) is 2. The molecular weight excluding hydrogens is 242 g/mol. The average Bonchev–Trinajstić information content (AvgIpc) is 2.67. The molecule has 4 nitrogen and oxygen atoms in total. The fourth-order valence-corrected chi connectivity index (χ4v) is 2.24. The van der Waals surface area contributed by atoms with Gasteiger partial charge in [0, 0.05) is 24.1 Å². The number of benzene rings is 1. The van der Waals surface area contributed by atoms with Gasteiger partial charge in [0.1, 0.15) is 5.75 Å². The van der Waals surface area contributed by atoms with Crippen LogP contribution in [0.1, 0.15) is 26.3 Å². The molecule has 1 aromatic heterocycles. The van der Waals surface area contributed by atoms with E-state index in [1.165, 1.54) is 0 Å². The zero-order chi connectivity index (χ0) is 14.2. The molecule has 102 valence electrons. The van der Waals surface area contributed by atoms with Crippen molar-refractivity contribution in [1.82, 2.24) is 4.57 Å². The van der Waals surface area contributed by atoms with Crippen LogP contribution in [0, 0.1) is 0 Å². The van der Waals surface area contributed by atoms with E-state index < -0.39 is 11.4 Å². The molecule has 0 fully saturated rings. The molecule has 0 aliphatic heterocycles. The van der Waals surface area contributed by atoms with E-state index in [4.69, 9.17) is 4.74 Å². The number of nitrogens with zero attached hydrogens (tertiary/aromatic N) is 1. The third-order valence-electron chi connectivity index (χ3n) is 3.48. The van der Waals surface area contributed by atoms with Crippen LogP contribution in [0.25, 0.3) is 10.9 Å². The smallest absolute Gasteiger partial charge is 0.313 e. The Labute approximate surface area is 112 Å². The highest BCUT2D eigenvalue weighted by Gasteiger charge is 2.32. The number of carboxylic acid groups (broad SMARTS) is 1. The first-order valence-electron chi connectivity index (χ1n) is 6.33. The number of aromatic nitrogens is 1. The maximum Gasteiger partial charge on any atom is 0.313 e. The molecule has 0 aliphatic carbocycles. The van der Waals surface area contributed by atoms with Gasteiger partial charge in [-0.25, -0.2) is 0 Å². The predicted octanol–water partition coefficient (Wildman–Crippen LogP) is 2.94. The zero-order valence-corrected chi connectivity index (χ0v) is 11.7. The monoisotopic (exact) mass is 261 g/mol. The maximum atomic E-state index is 11.4. The van der Waals surface area contributed by atoms with Crippen molar-refractivity contribution in [2.45, 2.75) is 26.2 Å². The number of aliphatic carboxylic acids is 1. The second-order valence-electron chi connectivity index (χ2n) is 5.20. The van der Waals surface area contributed by atoms with Crippen LogP contribution in [-0.4, -0.2) is 22.2 Å². The Morgan fingerprint density at radius 1 is 1.42 bits per heavy atom. The normalized spacial score (nSPS) is 11.8. The summed E-state index contributed by atoms with van der Waals surface area (Å²) in [6.07, 6.45) is 1.88. The summed E-state index contributed by atoms with van der Waals surface area (Å²) in [7, 11) is 1.92. The number of aryl methyl sites for hydroxylation is 1. The van der Waals surface area contributed by atoms with Crippen LogP contribution >= 0.6 is 0 Å². The molecule has 0 unspecified atom stereocenters. The molecule has 0 amide bonds. The van der Waals surface area contributed by atoms with Crippen LogP contribution in [0.2, 0.25) is 0 Å². The molecule has 2 rings (SSSR count). The lowest BCUT2D eigenvalue weighted by atomic mass is 9.84. The van der Waals surface area contributed by atoms with E-state index >= 15 is 0 Å². The first-order chi connectivity index (χ1) is 8.87. The highest BCUT2D eigenvalue weighted by atomic mass is 16.5. The SMILES string of the molecule is CCOc1ccc2c(c1)c(C(C)(C)C(=O)O)cn2C. The first-order valence-corrected chi connectivity index (χ1v) is 6.33. The molecule has 1 N–H and O–H groups in total. The fourth-order valence-electron chi connectivity index (χ4n) is 2.24. The highest BCUT2D eigenvalue weighted by molar-refractivity contribution is 5.92. The Morgan fingerprint density at radius 3 is 2.68 bits per heavy atom. The van der Waals surface area contributed by atoms with Gasteiger partial charge in [-0.2, -0.15) is 0 Å². The molecule has 4 heteroatoms. The quantitative estimate of drug-likeness (QED) is 0.920. The summed E-state index contributed by atoms with van der Waals surface area (Å²) < 4.78 is 7.44. The third kappa shape index (κ3) is 2.18. The number of ether oxygens (including phenoxy) is 1. The number of rotatable bonds is 4. The lowest BCUT2D eigenvalue weighted by Gasteiger charge is -2.18. The summed E-state index contributed by atoms with van der Waals surface area (Å²) in [6, 6.07) is 5.78. The van der Waals surface area contributed by atoms with Gasteiger partial charge >= 0.3 is 5.97 Å². The van der Waals surface area contributed by atoms with E-state index in [2.05, 4.69) is 0 Å². The van der Waals surface area contributed by atoms with Crippen molar-refractivity contribution >= 4 is 16.9 Å². The van der Waals surface area contributed by atoms with Crippen molar-refractivity contribution in [2.75, 3.05) is 6.61 Å². The van der Waals surface area contributed by atoms with E-state index in [1.807, 2.05) is 42.9 Å². The molecule has 0 aliphatic rings. The number of hydrogen-bond donors (Lipinski definition) is 1. The molecule has 1 aromatic carbocycles. The van der Waals surface area contributed by atoms with Crippen LogP contribution in [-0.2, 0) is 17.3 Å². The zero-order valence-electron chi connectivity index (χ0n) is 11.7. The van der Waals surface area contributed by atoms with Crippen LogP contribution < -0.4 is 4.74 Å². The maximum absolute atomic E-state index is 11.4. The van der Waals surface area contributed by atoms with Crippen LogP contribution in [0.5, 0.6) is 5.75 Å². The van der Waals surface area contributed by atoms with Gasteiger partial charge in [0.2, 0.25) is 0 Å². The number of carboxylic acids is 1. The molecule has 0 saturated carbocycles. The summed E-state index contributed by atoms with van der Waals surface area (Å²) in [5.41, 5.74) is 0.886. The summed E-state index contributed by atoms with van der Waals surface area (Å²) in [5, 5.41) is 10.3. The van der Waals surface area contributed by atoms with Gasteiger partial charge < -0.3 is 14.4 Å². The molecule has 0 bridgehead atoms. The van der Waals surface area contributed by atoms with Gasteiger partial charge in [0.05, 0.1) is 12.0 Å². The van der Waals surface area contributed by atoms with Crippen LogP contribution in [0.3, 0.4) is 0 Å². The molecular formula is C15H19NO3. The van der Waals surface area contributed by atoms with E-state index in [0.29, 0.717) is 6.61 Å². The third-order valence-corrected chi connectivity index (χ3v) is 3.48. The Bertz CT molecular complexity index is 626. The Balaban J connectivity index is 2.67. The van der Waals surface area contributed by atoms with Crippen molar-refractivity contribution < 1.29 is 14.6 Å². The van der Waals surface area contributed by atoms with Gasteiger partial charge in [-0.1, -0.05) is 0 Å². The molecule has 2 aromatic rings. The van der Waals surface area contributed by atoms with Gasteiger partial charge in [0.15, 0.2) is 0 Å². The number of carbonyl (C=O) groups is 1. The lowest BCUT2D eigenvalue weighted by Crippen LogP contribution is -2.28. The first kappa shape index (κ1) is 13.5. The largest absolute Gasteiger partial charge is 0.494 e. The highest BCUT2D eigenvalue weighted by Crippen LogP contribution is 2.34. The molecule has 0 spiro atoms. The molecule has 0 atom stereocenters. The minimum atomic E-state index is -0.926. The summed E-state index contributed by atoms with van der Waals surface area (Å²) >= 11 is 0. The van der Waals surface area contributed by atoms with Crippen LogP contribution in [0.4, 0.5) is 0 Å². The van der Waals surface area contributed by atoms with Crippen molar-refractivity contribution in [3.8, 4) is 5.75 Å². The van der Waals surface area contributed by atoms with E-state index in [0.717, 1.165) is 22.2 Å². The Hall–Kier alpha value is -1.97. The standard InChI is InChI=1S/C15H19NO3/c1-5-19-10-6-7-13-11(8-10)12(9-16(13)4)15(2,3)14(17)18/h6-9H,5H2,1-4H3,(H,17,18). The molecule has 0 radical (unpaired) electrons. The van der Waals surface area contributed by atoms with Crippen molar-refractivity contribution in [3.05, 3.63) is 30.0 Å². The Kier molecular flexibility index (Phi) is 3.27. The second kappa shape index (κ2) is 4.61. The van der Waals surface area contributed by atoms with E-state index in [-0.39, 0.29) is 0 Å². The lowest BCUT2D eigenvalue weighted by molar-refractivity contribution is -0.142. The van der Waals surface area contributed by atoms with Crippen LogP contribution in [0.15, 0.2) is 24.4 Å². The molecule has 19 heavy (non-hydrogen) atoms. The van der Waals surface area contributed by atoms with Gasteiger partial charge in [-0.3, -0.25) is 4.79 Å². The molecule has 0 saturated heterocycles. The minimum Gasteiger partial charge on any atom is -0.494 e. The number of fused-ring (bicyclic) bond motifs is 1. The van der Waals surface area contributed by atoms with E-state index in [9.17, 15) is 9.90 Å². The van der Waals surface area contributed by atoms with Gasteiger partial charge in [-0.05, 0) is 44.5 Å². The van der Waals surface area contributed by atoms with E-state index in [1.54, 1.807) is 13.8 Å². The predicted molar refractivity (Wildman–Crippen MR) is 74.7 cm³/mol. The second-order valence-corrected chi connectivity index (χ2v) is 5.20. The fraction of sp³-hybridized carbons (Fsp3) is 0.400. The van der Waals surface area contributed by atoms with Crippen molar-refractivity contribution in [1.29, 1.82) is 0 Å². The average molecular weight is 261 g/mol. The summed E-state index contributed by atoms with van der Waals surface area (Å²) in [4.78, 5) is 11.4.